The van der Waals surface area contributed by atoms with Crippen LogP contribution in [0.15, 0.2) is 53.1 Å². The Kier molecular flexibility index (Phi) is 3.88. The first-order valence-electron chi connectivity index (χ1n) is 6.49. The smallest absolute Gasteiger partial charge is 0.259 e. The van der Waals surface area contributed by atoms with E-state index in [4.69, 9.17) is 20.9 Å². The fraction of sp³-hybridized carbons (Fsp3) is 0.125. The average Bonchev–Trinajstić information content (AvgIpc) is 2.94. The van der Waals surface area contributed by atoms with E-state index in [1.165, 1.54) is 0 Å². The molecule has 0 amide bonds. The van der Waals surface area contributed by atoms with E-state index >= 15 is 0 Å². The predicted molar refractivity (Wildman–Crippen MR) is 80.3 cm³/mol. The lowest BCUT2D eigenvalue weighted by Crippen LogP contribution is -1.97. The Labute approximate surface area is 127 Å². The minimum Gasteiger partial charge on any atom is -0.485 e. The summed E-state index contributed by atoms with van der Waals surface area (Å²) in [5.74, 6) is 1.65. The van der Waals surface area contributed by atoms with Crippen LogP contribution in [0.5, 0.6) is 5.75 Å². The van der Waals surface area contributed by atoms with Crippen LogP contribution in [0, 0.1) is 6.92 Å². The molecule has 1 heterocycles. The van der Waals surface area contributed by atoms with Crippen LogP contribution in [0.25, 0.3) is 11.5 Å². The van der Waals surface area contributed by atoms with Crippen molar-refractivity contribution in [3.63, 3.8) is 0 Å². The minimum absolute atomic E-state index is 0.247. The van der Waals surface area contributed by atoms with E-state index in [9.17, 15) is 0 Å². The summed E-state index contributed by atoms with van der Waals surface area (Å²) < 4.78 is 10.9. The van der Waals surface area contributed by atoms with Gasteiger partial charge in [0.1, 0.15) is 5.75 Å². The summed E-state index contributed by atoms with van der Waals surface area (Å²) in [7, 11) is 0. The van der Waals surface area contributed by atoms with Crippen LogP contribution in [0.2, 0.25) is 5.02 Å². The Morgan fingerprint density at radius 2 is 2.00 bits per heavy atom. The van der Waals surface area contributed by atoms with Gasteiger partial charge in [0, 0.05) is 0 Å². The van der Waals surface area contributed by atoms with E-state index in [2.05, 4.69) is 10.1 Å². The minimum atomic E-state index is 0.247. The van der Waals surface area contributed by atoms with Crippen LogP contribution in [0.4, 0.5) is 0 Å². The molecule has 0 saturated heterocycles. The van der Waals surface area contributed by atoms with Crippen molar-refractivity contribution >= 4 is 11.6 Å². The van der Waals surface area contributed by atoms with Gasteiger partial charge in [-0.15, -0.1) is 0 Å². The third kappa shape index (κ3) is 3.23. The number of aromatic nitrogens is 2. The largest absolute Gasteiger partial charge is 0.485 e. The Balaban J connectivity index is 1.72. The molecule has 4 nitrogen and oxygen atoms in total. The van der Waals surface area contributed by atoms with Crippen LogP contribution in [0.3, 0.4) is 0 Å². The molecule has 0 fully saturated rings. The van der Waals surface area contributed by atoms with Crippen LogP contribution in [0.1, 0.15) is 11.4 Å². The summed E-state index contributed by atoms with van der Waals surface area (Å²) in [4.78, 5) is 4.29. The van der Waals surface area contributed by atoms with Crippen molar-refractivity contribution in [3.05, 3.63) is 64.9 Å². The van der Waals surface area contributed by atoms with Crippen LogP contribution in [-0.2, 0) is 6.61 Å². The summed E-state index contributed by atoms with van der Waals surface area (Å²) in [6, 6.07) is 15.1. The standard InChI is InChI=1S/C16H13ClN2O2/c1-11-5-4-6-12(9-11)20-10-15-18-16(21-19-15)13-7-2-3-8-14(13)17/h2-9H,10H2,1H3. The second-order valence-corrected chi connectivity index (χ2v) is 5.01. The first kappa shape index (κ1) is 13.6. The highest BCUT2D eigenvalue weighted by Crippen LogP contribution is 2.26. The molecule has 2 aromatic carbocycles. The molecule has 106 valence electrons. The number of halogens is 1. The quantitative estimate of drug-likeness (QED) is 0.721. The Bertz CT molecular complexity index is 755. The maximum Gasteiger partial charge on any atom is 0.259 e. The molecule has 0 bridgehead atoms. The van der Waals surface area contributed by atoms with Crippen molar-refractivity contribution in [2.75, 3.05) is 0 Å². The molecule has 0 radical (unpaired) electrons. The van der Waals surface area contributed by atoms with E-state index in [0.29, 0.717) is 22.3 Å². The average molecular weight is 301 g/mol. The normalized spacial score (nSPS) is 10.6. The molecule has 21 heavy (non-hydrogen) atoms. The van der Waals surface area contributed by atoms with Gasteiger partial charge in [0.05, 0.1) is 10.6 Å². The zero-order chi connectivity index (χ0) is 14.7. The lowest BCUT2D eigenvalue weighted by atomic mass is 10.2. The number of benzene rings is 2. The summed E-state index contributed by atoms with van der Waals surface area (Å²) >= 11 is 6.10. The van der Waals surface area contributed by atoms with Crippen LogP contribution < -0.4 is 4.74 Å². The molecule has 0 unspecified atom stereocenters. The molecule has 1 aromatic heterocycles. The lowest BCUT2D eigenvalue weighted by molar-refractivity contribution is 0.287. The molecular weight excluding hydrogens is 288 g/mol. The van der Waals surface area contributed by atoms with Gasteiger partial charge in [-0.1, -0.05) is 41.0 Å². The summed E-state index contributed by atoms with van der Waals surface area (Å²) in [6.45, 7) is 2.26. The van der Waals surface area contributed by atoms with Gasteiger partial charge in [0.25, 0.3) is 5.89 Å². The predicted octanol–water partition coefficient (Wildman–Crippen LogP) is 4.28. The number of rotatable bonds is 4. The second-order valence-electron chi connectivity index (χ2n) is 4.60. The first-order valence-corrected chi connectivity index (χ1v) is 6.87. The van der Waals surface area contributed by atoms with E-state index in [1.54, 1.807) is 6.07 Å². The Hall–Kier alpha value is -2.33. The lowest BCUT2D eigenvalue weighted by Gasteiger charge is -2.03. The number of hydrogen-bond acceptors (Lipinski definition) is 4. The molecule has 0 aliphatic heterocycles. The van der Waals surface area contributed by atoms with Crippen molar-refractivity contribution in [2.45, 2.75) is 13.5 Å². The highest BCUT2D eigenvalue weighted by Gasteiger charge is 2.12. The van der Waals surface area contributed by atoms with Crippen molar-refractivity contribution < 1.29 is 9.26 Å². The van der Waals surface area contributed by atoms with Crippen molar-refractivity contribution in [1.82, 2.24) is 10.1 Å². The first-order chi connectivity index (χ1) is 10.2. The third-order valence-corrected chi connectivity index (χ3v) is 3.26. The van der Waals surface area contributed by atoms with Gasteiger partial charge in [-0.2, -0.15) is 4.98 Å². The van der Waals surface area contributed by atoms with Gasteiger partial charge >= 0.3 is 0 Å². The third-order valence-electron chi connectivity index (χ3n) is 2.93. The van der Waals surface area contributed by atoms with Crippen molar-refractivity contribution in [3.8, 4) is 17.2 Å². The molecule has 3 rings (SSSR count). The highest BCUT2D eigenvalue weighted by atomic mass is 35.5. The fourth-order valence-corrected chi connectivity index (χ4v) is 2.13. The molecule has 0 spiro atoms. The second kappa shape index (κ2) is 5.97. The summed E-state index contributed by atoms with van der Waals surface area (Å²) in [5.41, 5.74) is 1.85. The Morgan fingerprint density at radius 3 is 2.81 bits per heavy atom. The monoisotopic (exact) mass is 300 g/mol. The van der Waals surface area contributed by atoms with Gasteiger partial charge in [-0.3, -0.25) is 0 Å². The van der Waals surface area contributed by atoms with Crippen molar-refractivity contribution in [1.29, 1.82) is 0 Å². The van der Waals surface area contributed by atoms with Gasteiger partial charge < -0.3 is 9.26 Å². The van der Waals surface area contributed by atoms with Crippen LogP contribution >= 0.6 is 11.6 Å². The summed E-state index contributed by atoms with van der Waals surface area (Å²) in [6.07, 6.45) is 0. The number of nitrogens with zero attached hydrogens (tertiary/aromatic N) is 2. The van der Waals surface area contributed by atoms with Gasteiger partial charge in [-0.25, -0.2) is 0 Å². The van der Waals surface area contributed by atoms with E-state index in [1.807, 2.05) is 49.4 Å². The molecule has 0 aliphatic carbocycles. The van der Waals surface area contributed by atoms with Gasteiger partial charge in [-0.05, 0) is 36.8 Å². The SMILES string of the molecule is Cc1cccc(OCc2noc(-c3ccccc3Cl)n2)c1. The van der Waals surface area contributed by atoms with Gasteiger partial charge in [0.15, 0.2) is 6.61 Å². The number of hydrogen-bond donors (Lipinski definition) is 0. The zero-order valence-corrected chi connectivity index (χ0v) is 12.2. The molecule has 0 saturated carbocycles. The zero-order valence-electron chi connectivity index (χ0n) is 11.4. The van der Waals surface area contributed by atoms with Crippen molar-refractivity contribution in [2.24, 2.45) is 0 Å². The highest BCUT2D eigenvalue weighted by molar-refractivity contribution is 6.33. The maximum atomic E-state index is 6.10. The number of aryl methyl sites for hydroxylation is 1. The van der Waals surface area contributed by atoms with E-state index < -0.39 is 0 Å². The maximum absolute atomic E-state index is 6.10. The fourth-order valence-electron chi connectivity index (χ4n) is 1.91. The molecule has 0 N–H and O–H groups in total. The molecule has 3 aromatic rings. The Morgan fingerprint density at radius 1 is 1.14 bits per heavy atom. The van der Waals surface area contributed by atoms with Gasteiger partial charge in [0.2, 0.25) is 5.82 Å². The van der Waals surface area contributed by atoms with Crippen LogP contribution in [-0.4, -0.2) is 10.1 Å². The molecule has 0 aliphatic rings. The van der Waals surface area contributed by atoms with E-state index in [0.717, 1.165) is 11.3 Å². The molecule has 5 heteroatoms. The summed E-state index contributed by atoms with van der Waals surface area (Å²) in [5, 5.41) is 4.48. The van der Waals surface area contributed by atoms with E-state index in [-0.39, 0.29) is 6.61 Å². The molecular formula is C16H13ClN2O2. The molecule has 0 atom stereocenters. The number of ether oxygens (including phenoxy) is 1. The topological polar surface area (TPSA) is 48.2 Å².